The summed E-state index contributed by atoms with van der Waals surface area (Å²) in [5.74, 6) is 2.13. The van der Waals surface area contributed by atoms with Crippen LogP contribution in [0.1, 0.15) is 47.0 Å². The second-order valence-electron chi connectivity index (χ2n) is 6.07. The van der Waals surface area contributed by atoms with Crippen LogP contribution in [0.2, 0.25) is 0 Å². The van der Waals surface area contributed by atoms with Gasteiger partial charge in [0.25, 0.3) is 0 Å². The molecule has 2 unspecified atom stereocenters. The number of hydrogen-bond donors (Lipinski definition) is 2. The van der Waals surface area contributed by atoms with Crippen LogP contribution in [-0.4, -0.2) is 23.8 Å². The summed E-state index contributed by atoms with van der Waals surface area (Å²) < 4.78 is 0. The second kappa shape index (κ2) is 5.31. The lowest BCUT2D eigenvalue weighted by Crippen LogP contribution is -2.54. The predicted octanol–water partition coefficient (Wildman–Crippen LogP) is 2.42. The maximum atomic E-state index is 9.63. The fourth-order valence-electron chi connectivity index (χ4n) is 3.02. The van der Waals surface area contributed by atoms with E-state index >= 15 is 0 Å². The van der Waals surface area contributed by atoms with Gasteiger partial charge in [-0.05, 0) is 43.6 Å². The standard InChI is InChI=1S/C13H27NO/c1-10(2)8-14-13(9-15)6-11(3)5-12(4)7-13/h10-12,14-15H,5-9H2,1-4H3. The van der Waals surface area contributed by atoms with Crippen molar-refractivity contribution in [2.45, 2.75) is 52.5 Å². The highest BCUT2D eigenvalue weighted by Gasteiger charge is 2.36. The van der Waals surface area contributed by atoms with Crippen molar-refractivity contribution in [3.05, 3.63) is 0 Å². The Morgan fingerprint density at radius 3 is 2.20 bits per heavy atom. The van der Waals surface area contributed by atoms with Gasteiger partial charge < -0.3 is 10.4 Å². The molecule has 1 aliphatic rings. The summed E-state index contributed by atoms with van der Waals surface area (Å²) in [6.07, 6.45) is 3.56. The maximum absolute atomic E-state index is 9.63. The van der Waals surface area contributed by atoms with Gasteiger partial charge in [-0.2, -0.15) is 0 Å². The molecule has 1 rings (SSSR count). The molecule has 1 aliphatic carbocycles. The highest BCUT2D eigenvalue weighted by molar-refractivity contribution is 4.94. The highest BCUT2D eigenvalue weighted by Crippen LogP contribution is 2.35. The average molecular weight is 213 g/mol. The van der Waals surface area contributed by atoms with Crippen molar-refractivity contribution in [3.63, 3.8) is 0 Å². The monoisotopic (exact) mass is 213 g/mol. The van der Waals surface area contributed by atoms with E-state index in [2.05, 4.69) is 33.0 Å². The molecule has 0 bridgehead atoms. The van der Waals surface area contributed by atoms with E-state index in [0.717, 1.165) is 31.2 Å². The van der Waals surface area contributed by atoms with Gasteiger partial charge in [0.05, 0.1) is 6.61 Å². The topological polar surface area (TPSA) is 32.3 Å². The van der Waals surface area contributed by atoms with Crippen molar-refractivity contribution >= 4 is 0 Å². The van der Waals surface area contributed by atoms with Crippen LogP contribution in [0.25, 0.3) is 0 Å². The molecule has 15 heavy (non-hydrogen) atoms. The van der Waals surface area contributed by atoms with E-state index in [0.29, 0.717) is 5.92 Å². The predicted molar refractivity (Wildman–Crippen MR) is 64.8 cm³/mol. The SMILES string of the molecule is CC(C)CNC1(CO)CC(C)CC(C)C1. The number of nitrogens with one attached hydrogen (secondary N) is 1. The van der Waals surface area contributed by atoms with Gasteiger partial charge in [-0.15, -0.1) is 0 Å². The molecule has 0 radical (unpaired) electrons. The molecule has 0 heterocycles. The Morgan fingerprint density at radius 2 is 1.80 bits per heavy atom. The summed E-state index contributed by atoms with van der Waals surface area (Å²) in [5, 5.41) is 13.2. The van der Waals surface area contributed by atoms with E-state index < -0.39 is 0 Å². The molecule has 0 aromatic carbocycles. The molecule has 0 aromatic heterocycles. The van der Waals surface area contributed by atoms with Gasteiger partial charge in [-0.1, -0.05) is 27.7 Å². The fraction of sp³-hybridized carbons (Fsp3) is 1.00. The summed E-state index contributed by atoms with van der Waals surface area (Å²) >= 11 is 0. The zero-order valence-electron chi connectivity index (χ0n) is 10.7. The van der Waals surface area contributed by atoms with E-state index in [1.54, 1.807) is 0 Å². The first kappa shape index (κ1) is 13.0. The molecular weight excluding hydrogens is 186 g/mol. The van der Waals surface area contributed by atoms with Crippen molar-refractivity contribution < 1.29 is 5.11 Å². The van der Waals surface area contributed by atoms with Crippen LogP contribution in [-0.2, 0) is 0 Å². The Bertz CT molecular complexity index is 181. The minimum atomic E-state index is 0.00134. The molecule has 1 saturated carbocycles. The molecule has 0 saturated heterocycles. The lowest BCUT2D eigenvalue weighted by Gasteiger charge is -2.43. The molecular formula is C13H27NO. The molecule has 90 valence electrons. The van der Waals surface area contributed by atoms with Crippen LogP contribution in [0.15, 0.2) is 0 Å². The van der Waals surface area contributed by atoms with Gasteiger partial charge >= 0.3 is 0 Å². The van der Waals surface area contributed by atoms with E-state index in [-0.39, 0.29) is 12.1 Å². The first-order valence-electron chi connectivity index (χ1n) is 6.33. The highest BCUT2D eigenvalue weighted by atomic mass is 16.3. The van der Waals surface area contributed by atoms with Crippen LogP contribution in [0.4, 0.5) is 0 Å². The number of rotatable bonds is 4. The smallest absolute Gasteiger partial charge is 0.0613 e. The molecule has 0 amide bonds. The lowest BCUT2D eigenvalue weighted by atomic mass is 9.72. The molecule has 0 aromatic rings. The third kappa shape index (κ3) is 3.76. The molecule has 2 heteroatoms. The first-order chi connectivity index (χ1) is 6.97. The molecule has 2 nitrogen and oxygen atoms in total. The van der Waals surface area contributed by atoms with Crippen LogP contribution in [0.5, 0.6) is 0 Å². The van der Waals surface area contributed by atoms with E-state index in [1.807, 2.05) is 0 Å². The number of aliphatic hydroxyl groups excluding tert-OH is 1. The zero-order chi connectivity index (χ0) is 11.5. The van der Waals surface area contributed by atoms with Gasteiger partial charge in [0.15, 0.2) is 0 Å². The minimum Gasteiger partial charge on any atom is -0.394 e. The van der Waals surface area contributed by atoms with Gasteiger partial charge in [-0.3, -0.25) is 0 Å². The van der Waals surface area contributed by atoms with Crippen molar-refractivity contribution in [1.29, 1.82) is 0 Å². The largest absolute Gasteiger partial charge is 0.394 e. The molecule has 0 spiro atoms. The lowest BCUT2D eigenvalue weighted by molar-refractivity contribution is 0.0734. The average Bonchev–Trinajstić information content (AvgIpc) is 2.13. The zero-order valence-corrected chi connectivity index (χ0v) is 10.7. The van der Waals surface area contributed by atoms with Crippen LogP contribution in [0, 0.1) is 17.8 Å². The fourth-order valence-corrected chi connectivity index (χ4v) is 3.02. The van der Waals surface area contributed by atoms with Crippen LogP contribution in [0.3, 0.4) is 0 Å². The van der Waals surface area contributed by atoms with Crippen molar-refractivity contribution in [3.8, 4) is 0 Å². The third-order valence-corrected chi connectivity index (χ3v) is 3.47. The normalized spacial score (nSPS) is 37.2. The summed E-state index contributed by atoms with van der Waals surface area (Å²) in [7, 11) is 0. The second-order valence-corrected chi connectivity index (χ2v) is 6.07. The Morgan fingerprint density at radius 1 is 1.27 bits per heavy atom. The first-order valence-corrected chi connectivity index (χ1v) is 6.33. The van der Waals surface area contributed by atoms with Gasteiger partial charge in [-0.25, -0.2) is 0 Å². The third-order valence-electron chi connectivity index (χ3n) is 3.47. The summed E-state index contributed by atoms with van der Waals surface area (Å²) in [4.78, 5) is 0. The van der Waals surface area contributed by atoms with E-state index in [4.69, 9.17) is 0 Å². The summed E-state index contributed by atoms with van der Waals surface area (Å²) in [6.45, 7) is 10.3. The molecule has 2 N–H and O–H groups in total. The van der Waals surface area contributed by atoms with Crippen molar-refractivity contribution in [2.75, 3.05) is 13.2 Å². The molecule has 2 atom stereocenters. The van der Waals surface area contributed by atoms with Gasteiger partial charge in [0.2, 0.25) is 0 Å². The van der Waals surface area contributed by atoms with Crippen LogP contribution < -0.4 is 5.32 Å². The molecule has 1 fully saturated rings. The summed E-state index contributed by atoms with van der Waals surface area (Å²) in [6, 6.07) is 0. The maximum Gasteiger partial charge on any atom is 0.0613 e. The summed E-state index contributed by atoms with van der Waals surface area (Å²) in [5.41, 5.74) is 0.00134. The number of aliphatic hydroxyl groups is 1. The van der Waals surface area contributed by atoms with Crippen molar-refractivity contribution in [1.82, 2.24) is 5.32 Å². The van der Waals surface area contributed by atoms with E-state index in [9.17, 15) is 5.11 Å². The Kier molecular flexibility index (Phi) is 4.60. The Balaban J connectivity index is 2.57. The minimum absolute atomic E-state index is 0.00134. The van der Waals surface area contributed by atoms with E-state index in [1.165, 1.54) is 6.42 Å². The van der Waals surface area contributed by atoms with Crippen LogP contribution >= 0.6 is 0 Å². The number of hydrogen-bond acceptors (Lipinski definition) is 2. The Hall–Kier alpha value is -0.0800. The molecule has 0 aliphatic heterocycles. The van der Waals surface area contributed by atoms with Crippen molar-refractivity contribution in [2.24, 2.45) is 17.8 Å². The van der Waals surface area contributed by atoms with Gasteiger partial charge in [0.1, 0.15) is 0 Å². The quantitative estimate of drug-likeness (QED) is 0.751. The Labute approximate surface area is 94.5 Å². The van der Waals surface area contributed by atoms with Gasteiger partial charge in [0, 0.05) is 5.54 Å².